The number of aryl methyl sites for hydroxylation is 2. The van der Waals surface area contributed by atoms with Gasteiger partial charge in [-0.15, -0.1) is 0 Å². The number of benzene rings is 1. The number of ether oxygens (including phenoxy) is 1. The summed E-state index contributed by atoms with van der Waals surface area (Å²) in [6.45, 7) is 3.64. The second-order valence-corrected chi connectivity index (χ2v) is 4.90. The zero-order valence-corrected chi connectivity index (χ0v) is 12.3. The average molecular weight is 317 g/mol. The van der Waals surface area contributed by atoms with Crippen LogP contribution in [-0.2, 0) is 6.18 Å². The fraction of sp³-hybridized carbons (Fsp3) is 0.286. The lowest BCUT2D eigenvalue weighted by Gasteiger charge is -2.14. The van der Waals surface area contributed by atoms with Gasteiger partial charge in [0.25, 0.3) is 0 Å². The van der Waals surface area contributed by atoms with Gasteiger partial charge in [-0.2, -0.15) is 13.2 Å². The number of hydrogen-bond acceptors (Lipinski definition) is 3. The third kappa shape index (κ3) is 3.26. The Morgan fingerprint density at radius 2 is 1.76 bits per heavy atom. The van der Waals surface area contributed by atoms with E-state index in [0.29, 0.717) is 11.3 Å². The predicted octanol–water partition coefficient (Wildman–Crippen LogP) is 4.44. The molecule has 3 nitrogen and oxygen atoms in total. The molecule has 2 rings (SSSR count). The van der Waals surface area contributed by atoms with E-state index in [1.807, 2.05) is 13.0 Å². The van der Waals surface area contributed by atoms with Crippen LogP contribution in [0.3, 0.4) is 0 Å². The standard InChI is InChI=1S/C14H12ClF3N2O/c1-7-4-8(2)12(10(5-7)21-3)9-6-11(14(16,17)18)20-13(15)19-9/h4-6H,1-3H3. The molecule has 0 saturated carbocycles. The lowest BCUT2D eigenvalue weighted by molar-refractivity contribution is -0.141. The van der Waals surface area contributed by atoms with E-state index < -0.39 is 17.2 Å². The van der Waals surface area contributed by atoms with Gasteiger partial charge < -0.3 is 4.74 Å². The number of rotatable bonds is 2. The second kappa shape index (κ2) is 5.52. The van der Waals surface area contributed by atoms with E-state index in [9.17, 15) is 13.2 Å². The van der Waals surface area contributed by atoms with Crippen molar-refractivity contribution in [3.8, 4) is 17.0 Å². The molecule has 1 aromatic heterocycles. The SMILES string of the molecule is COc1cc(C)cc(C)c1-c1cc(C(F)(F)F)nc(Cl)n1. The molecule has 0 N–H and O–H groups in total. The Morgan fingerprint density at radius 1 is 1.10 bits per heavy atom. The monoisotopic (exact) mass is 316 g/mol. The third-order valence-electron chi connectivity index (χ3n) is 2.91. The Balaban J connectivity index is 2.70. The van der Waals surface area contributed by atoms with Crippen LogP contribution in [-0.4, -0.2) is 17.1 Å². The van der Waals surface area contributed by atoms with Crippen LogP contribution in [0, 0.1) is 13.8 Å². The van der Waals surface area contributed by atoms with Crippen molar-refractivity contribution in [2.24, 2.45) is 0 Å². The van der Waals surface area contributed by atoms with Crippen LogP contribution in [0.4, 0.5) is 13.2 Å². The zero-order valence-electron chi connectivity index (χ0n) is 11.5. The molecule has 21 heavy (non-hydrogen) atoms. The summed E-state index contributed by atoms with van der Waals surface area (Å²) < 4.78 is 43.7. The highest BCUT2D eigenvalue weighted by Crippen LogP contribution is 2.36. The van der Waals surface area contributed by atoms with Gasteiger partial charge in [0, 0.05) is 5.56 Å². The first-order chi connectivity index (χ1) is 9.72. The molecule has 1 aromatic carbocycles. The number of methoxy groups -OCH3 is 1. The highest BCUT2D eigenvalue weighted by molar-refractivity contribution is 6.28. The molecular weight excluding hydrogens is 305 g/mol. The van der Waals surface area contributed by atoms with Crippen molar-refractivity contribution in [3.63, 3.8) is 0 Å². The number of aromatic nitrogens is 2. The van der Waals surface area contributed by atoms with Crippen molar-refractivity contribution in [1.29, 1.82) is 0 Å². The Morgan fingerprint density at radius 3 is 2.33 bits per heavy atom. The van der Waals surface area contributed by atoms with Crippen LogP contribution in [0.1, 0.15) is 16.8 Å². The lowest BCUT2D eigenvalue weighted by Crippen LogP contribution is -2.09. The van der Waals surface area contributed by atoms with Crippen LogP contribution >= 0.6 is 11.6 Å². The highest BCUT2D eigenvalue weighted by Gasteiger charge is 2.34. The number of hydrogen-bond donors (Lipinski definition) is 0. The van der Waals surface area contributed by atoms with E-state index in [4.69, 9.17) is 16.3 Å². The molecule has 0 unspecified atom stereocenters. The average Bonchev–Trinajstić information content (AvgIpc) is 2.35. The van der Waals surface area contributed by atoms with Gasteiger partial charge in [0.1, 0.15) is 11.4 Å². The van der Waals surface area contributed by atoms with Gasteiger partial charge in [0.15, 0.2) is 0 Å². The first-order valence-corrected chi connectivity index (χ1v) is 6.37. The van der Waals surface area contributed by atoms with Gasteiger partial charge in [-0.3, -0.25) is 0 Å². The van der Waals surface area contributed by atoms with Crippen molar-refractivity contribution in [3.05, 3.63) is 40.3 Å². The van der Waals surface area contributed by atoms with Crippen molar-refractivity contribution in [1.82, 2.24) is 9.97 Å². The number of nitrogens with zero attached hydrogens (tertiary/aromatic N) is 2. The topological polar surface area (TPSA) is 35.0 Å². The first-order valence-electron chi connectivity index (χ1n) is 5.99. The molecule has 0 aliphatic carbocycles. The highest BCUT2D eigenvalue weighted by atomic mass is 35.5. The summed E-state index contributed by atoms with van der Waals surface area (Å²) in [4.78, 5) is 7.11. The fourth-order valence-corrected chi connectivity index (χ4v) is 2.29. The summed E-state index contributed by atoms with van der Waals surface area (Å²) in [7, 11) is 1.45. The van der Waals surface area contributed by atoms with E-state index in [-0.39, 0.29) is 5.69 Å². The third-order valence-corrected chi connectivity index (χ3v) is 3.08. The van der Waals surface area contributed by atoms with E-state index in [1.54, 1.807) is 13.0 Å². The molecule has 0 aliphatic heterocycles. The van der Waals surface area contributed by atoms with Gasteiger partial charge in [0.2, 0.25) is 5.28 Å². The maximum absolute atomic E-state index is 12.8. The Kier molecular flexibility index (Phi) is 4.09. The summed E-state index contributed by atoms with van der Waals surface area (Å²) in [5.74, 6) is 0.440. The van der Waals surface area contributed by atoms with E-state index >= 15 is 0 Å². The van der Waals surface area contributed by atoms with Crippen molar-refractivity contribution >= 4 is 11.6 Å². The Bertz CT molecular complexity index is 687. The predicted molar refractivity (Wildman–Crippen MR) is 73.5 cm³/mol. The van der Waals surface area contributed by atoms with Crippen LogP contribution in [0.2, 0.25) is 5.28 Å². The molecule has 0 saturated heterocycles. The van der Waals surface area contributed by atoms with E-state index in [2.05, 4.69) is 9.97 Å². The van der Waals surface area contributed by atoms with Crippen LogP contribution in [0.15, 0.2) is 18.2 Å². The summed E-state index contributed by atoms with van der Waals surface area (Å²) in [5, 5.41) is -0.457. The summed E-state index contributed by atoms with van der Waals surface area (Å²) in [6, 6.07) is 4.43. The first kappa shape index (κ1) is 15.6. The summed E-state index contributed by atoms with van der Waals surface area (Å²) in [5.41, 5.74) is 1.15. The minimum absolute atomic E-state index is 0.0803. The number of alkyl halides is 3. The Hall–Kier alpha value is -1.82. The van der Waals surface area contributed by atoms with Gasteiger partial charge in [0.05, 0.1) is 12.8 Å². The van der Waals surface area contributed by atoms with Crippen LogP contribution in [0.25, 0.3) is 11.3 Å². The summed E-state index contributed by atoms with van der Waals surface area (Å²) >= 11 is 5.62. The molecule has 0 fully saturated rings. The fourth-order valence-electron chi connectivity index (χ4n) is 2.11. The van der Waals surface area contributed by atoms with Crippen molar-refractivity contribution in [2.45, 2.75) is 20.0 Å². The van der Waals surface area contributed by atoms with Gasteiger partial charge in [-0.05, 0) is 48.7 Å². The molecule has 1 heterocycles. The van der Waals surface area contributed by atoms with E-state index in [0.717, 1.165) is 17.2 Å². The quantitative estimate of drug-likeness (QED) is 0.768. The number of halogens is 4. The molecule has 0 amide bonds. The molecule has 0 bridgehead atoms. The van der Waals surface area contributed by atoms with Crippen molar-refractivity contribution in [2.75, 3.05) is 7.11 Å². The molecule has 0 radical (unpaired) electrons. The van der Waals surface area contributed by atoms with Gasteiger partial charge in [-0.25, -0.2) is 9.97 Å². The smallest absolute Gasteiger partial charge is 0.433 e. The van der Waals surface area contributed by atoms with Gasteiger partial charge >= 0.3 is 6.18 Å². The molecule has 0 atom stereocenters. The maximum atomic E-state index is 12.8. The van der Waals surface area contributed by atoms with Gasteiger partial charge in [-0.1, -0.05) is 6.07 Å². The second-order valence-electron chi connectivity index (χ2n) is 4.56. The molecule has 7 heteroatoms. The minimum Gasteiger partial charge on any atom is -0.496 e. The normalized spacial score (nSPS) is 11.6. The Labute approximate surface area is 124 Å². The maximum Gasteiger partial charge on any atom is 0.433 e. The summed E-state index contributed by atoms with van der Waals surface area (Å²) in [6.07, 6.45) is -4.59. The molecule has 0 spiro atoms. The van der Waals surface area contributed by atoms with Crippen LogP contribution in [0.5, 0.6) is 5.75 Å². The van der Waals surface area contributed by atoms with Crippen LogP contribution < -0.4 is 4.74 Å². The zero-order chi connectivity index (χ0) is 15.8. The molecule has 112 valence electrons. The molecule has 0 aliphatic rings. The molecular formula is C14H12ClF3N2O. The molecule has 2 aromatic rings. The van der Waals surface area contributed by atoms with Crippen molar-refractivity contribution < 1.29 is 17.9 Å². The van der Waals surface area contributed by atoms with E-state index in [1.165, 1.54) is 7.11 Å². The largest absolute Gasteiger partial charge is 0.496 e. The lowest BCUT2D eigenvalue weighted by atomic mass is 10.0. The minimum atomic E-state index is -4.59.